The van der Waals surface area contributed by atoms with Gasteiger partial charge >= 0.3 is 39.5 Å². The molecule has 576 valence electrons. The maximum absolute atomic E-state index is 13.1. The van der Waals surface area contributed by atoms with E-state index in [1.54, 1.807) is 0 Å². The first kappa shape index (κ1) is 95.1. The topological polar surface area (TPSA) is 237 Å². The van der Waals surface area contributed by atoms with Gasteiger partial charge in [-0.05, 0) is 43.4 Å². The number of esters is 4. The number of unbranched alkanes of at least 4 members (excludes halogenated alkanes) is 44. The summed E-state index contributed by atoms with van der Waals surface area (Å²) in [6.45, 7) is 11.8. The van der Waals surface area contributed by atoms with Crippen molar-refractivity contribution in [2.24, 2.45) is 17.8 Å². The van der Waals surface area contributed by atoms with E-state index in [0.29, 0.717) is 37.5 Å². The maximum Gasteiger partial charge on any atom is 0.472 e. The molecule has 0 aromatic rings. The van der Waals surface area contributed by atoms with Gasteiger partial charge in [-0.15, -0.1) is 0 Å². The van der Waals surface area contributed by atoms with Crippen LogP contribution in [0.15, 0.2) is 0 Å². The Bertz CT molecular complexity index is 1890. The predicted molar refractivity (Wildman–Crippen MR) is 395 cm³/mol. The Morgan fingerprint density at radius 1 is 0.278 bits per heavy atom. The highest BCUT2D eigenvalue weighted by atomic mass is 31.2. The van der Waals surface area contributed by atoms with E-state index < -0.39 is 97.5 Å². The summed E-state index contributed by atoms with van der Waals surface area (Å²) in [6, 6.07) is 0. The average molecular weight is 1420 g/mol. The summed E-state index contributed by atoms with van der Waals surface area (Å²) < 4.78 is 68.5. The lowest BCUT2D eigenvalue weighted by Gasteiger charge is -2.21. The number of hydrogen-bond donors (Lipinski definition) is 3. The Morgan fingerprint density at radius 2 is 0.474 bits per heavy atom. The van der Waals surface area contributed by atoms with Gasteiger partial charge in [0.05, 0.1) is 26.4 Å². The van der Waals surface area contributed by atoms with Crippen molar-refractivity contribution in [2.45, 2.75) is 420 Å². The van der Waals surface area contributed by atoms with E-state index in [-0.39, 0.29) is 25.7 Å². The lowest BCUT2D eigenvalue weighted by Crippen LogP contribution is -2.30. The Kier molecular flexibility index (Phi) is 67.1. The molecule has 19 heteroatoms. The molecule has 0 aliphatic rings. The average Bonchev–Trinajstić information content (AvgIpc) is 2.33. The molecule has 0 aliphatic heterocycles. The Balaban J connectivity index is 5.19. The van der Waals surface area contributed by atoms with E-state index in [9.17, 15) is 43.2 Å². The van der Waals surface area contributed by atoms with Crippen LogP contribution in [0.5, 0.6) is 0 Å². The molecule has 3 N–H and O–H groups in total. The quantitative estimate of drug-likeness (QED) is 0.0222. The number of aliphatic hydroxyl groups excluding tert-OH is 1. The van der Waals surface area contributed by atoms with Crippen LogP contribution in [0.1, 0.15) is 402 Å². The summed E-state index contributed by atoms with van der Waals surface area (Å²) in [5.74, 6) is 0.0750. The van der Waals surface area contributed by atoms with Gasteiger partial charge in [-0.3, -0.25) is 37.3 Å². The van der Waals surface area contributed by atoms with E-state index in [1.165, 1.54) is 205 Å². The molecule has 0 bridgehead atoms. The molecule has 0 aromatic carbocycles. The van der Waals surface area contributed by atoms with Crippen molar-refractivity contribution in [3.05, 3.63) is 0 Å². The summed E-state index contributed by atoms with van der Waals surface area (Å²) in [4.78, 5) is 72.8. The highest BCUT2D eigenvalue weighted by molar-refractivity contribution is 7.47. The predicted octanol–water partition coefficient (Wildman–Crippen LogP) is 23.0. The van der Waals surface area contributed by atoms with Crippen molar-refractivity contribution in [2.75, 3.05) is 39.6 Å². The van der Waals surface area contributed by atoms with Gasteiger partial charge in [-0.2, -0.15) is 0 Å². The largest absolute Gasteiger partial charge is 0.472 e. The molecule has 0 fully saturated rings. The lowest BCUT2D eigenvalue weighted by atomic mass is 10.0. The maximum atomic E-state index is 13.1. The van der Waals surface area contributed by atoms with Crippen LogP contribution in [0, 0.1) is 17.8 Å². The number of aliphatic hydroxyl groups is 1. The van der Waals surface area contributed by atoms with Gasteiger partial charge in [0.25, 0.3) is 0 Å². The van der Waals surface area contributed by atoms with Crippen molar-refractivity contribution in [1.82, 2.24) is 0 Å². The van der Waals surface area contributed by atoms with Crippen LogP contribution in [0.4, 0.5) is 0 Å². The summed E-state index contributed by atoms with van der Waals surface area (Å²) in [5.41, 5.74) is 0. The van der Waals surface area contributed by atoms with E-state index >= 15 is 0 Å². The van der Waals surface area contributed by atoms with E-state index in [0.717, 1.165) is 102 Å². The lowest BCUT2D eigenvalue weighted by molar-refractivity contribution is -0.161. The zero-order chi connectivity index (χ0) is 71.6. The minimum absolute atomic E-state index is 0.102. The normalized spacial score (nSPS) is 14.0. The smallest absolute Gasteiger partial charge is 0.462 e. The SMILES string of the molecule is CCCCCCCCCCCCCCCCCCCC(=O)OC[C@H](COP(=O)(O)OC[C@@H](O)COP(=O)(O)OC[C@@H](COC(=O)CCCCCCCCC(C)C)OC(=O)CCCCCCCCCC(C)C)OC(=O)CCCCCCCCCCCCCCCCCCCCC(C)C. The van der Waals surface area contributed by atoms with Crippen LogP contribution < -0.4 is 0 Å². The van der Waals surface area contributed by atoms with Gasteiger partial charge < -0.3 is 33.8 Å². The van der Waals surface area contributed by atoms with Crippen LogP contribution in [-0.4, -0.2) is 96.7 Å². The van der Waals surface area contributed by atoms with Crippen LogP contribution in [0.25, 0.3) is 0 Å². The Morgan fingerprint density at radius 3 is 0.701 bits per heavy atom. The minimum Gasteiger partial charge on any atom is -0.462 e. The fraction of sp³-hybridized carbons (Fsp3) is 0.949. The van der Waals surface area contributed by atoms with Crippen LogP contribution in [0.3, 0.4) is 0 Å². The fourth-order valence-electron chi connectivity index (χ4n) is 12.0. The van der Waals surface area contributed by atoms with Crippen LogP contribution >= 0.6 is 15.6 Å². The first-order chi connectivity index (χ1) is 46.7. The summed E-state index contributed by atoms with van der Waals surface area (Å²) in [6.07, 6.45) is 55.9. The van der Waals surface area contributed by atoms with Gasteiger partial charge in [0.15, 0.2) is 12.2 Å². The number of phosphoric acid groups is 2. The van der Waals surface area contributed by atoms with Crippen molar-refractivity contribution >= 4 is 39.5 Å². The Hall–Kier alpha value is -1.94. The van der Waals surface area contributed by atoms with Crippen molar-refractivity contribution in [1.29, 1.82) is 0 Å². The standard InChI is InChI=1S/C78H152O17P2/c1-8-9-10-11-12-13-14-15-16-19-23-26-29-32-37-45-52-59-75(80)88-65-73(94-77(82)61-54-47-38-33-30-27-24-21-18-17-20-22-25-28-31-35-42-49-56-69(2)3)67-92-96(84,85)90-63-72(79)64-91-97(86,87)93-68-74(66-89-76(81)60-53-46-41-40-44-51-58-71(6)7)95-78(83)62-55-48-39-34-36-43-50-57-70(4)5/h69-74,79H,8-68H2,1-7H3,(H,84,85)(H,86,87)/t72-,73-,74-/m1/s1. The summed E-state index contributed by atoms with van der Waals surface area (Å²) in [7, 11) is -9.91. The highest BCUT2D eigenvalue weighted by Crippen LogP contribution is 2.45. The van der Waals surface area contributed by atoms with E-state index in [4.69, 9.17) is 37.0 Å². The molecule has 17 nitrogen and oxygen atoms in total. The van der Waals surface area contributed by atoms with Gasteiger partial charge in [-0.25, -0.2) is 9.13 Å². The number of rotatable bonds is 76. The second-order valence-electron chi connectivity index (χ2n) is 29.5. The molecule has 0 spiro atoms. The summed E-state index contributed by atoms with van der Waals surface area (Å²) in [5, 5.41) is 10.6. The van der Waals surface area contributed by atoms with Gasteiger partial charge in [0.2, 0.25) is 0 Å². The molecule has 5 atom stereocenters. The zero-order valence-corrected chi connectivity index (χ0v) is 65.3. The molecule has 0 rings (SSSR count). The number of ether oxygens (including phenoxy) is 4. The van der Waals surface area contributed by atoms with Crippen LogP contribution in [0.2, 0.25) is 0 Å². The minimum atomic E-state index is -4.96. The van der Waals surface area contributed by atoms with Gasteiger partial charge in [0.1, 0.15) is 19.3 Å². The molecule has 0 saturated carbocycles. The number of carbonyl (C=O) groups is 4. The molecule has 0 heterocycles. The van der Waals surface area contributed by atoms with Crippen molar-refractivity contribution in [3.8, 4) is 0 Å². The van der Waals surface area contributed by atoms with E-state index in [1.807, 2.05) is 0 Å². The number of carbonyl (C=O) groups excluding carboxylic acids is 4. The Labute approximate surface area is 594 Å². The third-order valence-electron chi connectivity index (χ3n) is 18.1. The molecular formula is C78H152O17P2. The van der Waals surface area contributed by atoms with Crippen molar-refractivity contribution < 1.29 is 80.2 Å². The van der Waals surface area contributed by atoms with Gasteiger partial charge in [0, 0.05) is 25.7 Å². The monoisotopic (exact) mass is 1420 g/mol. The first-order valence-corrected chi connectivity index (χ1v) is 43.3. The second kappa shape index (κ2) is 68.5. The molecule has 0 aromatic heterocycles. The second-order valence-corrected chi connectivity index (χ2v) is 32.4. The number of phosphoric ester groups is 2. The first-order valence-electron chi connectivity index (χ1n) is 40.3. The van der Waals surface area contributed by atoms with Crippen molar-refractivity contribution in [3.63, 3.8) is 0 Å². The molecule has 2 unspecified atom stereocenters. The van der Waals surface area contributed by atoms with E-state index in [2.05, 4.69) is 48.5 Å². The molecule has 0 radical (unpaired) electrons. The third kappa shape index (κ3) is 72.2. The fourth-order valence-corrected chi connectivity index (χ4v) is 13.5. The van der Waals surface area contributed by atoms with Crippen LogP contribution in [-0.2, 0) is 65.4 Å². The molecule has 97 heavy (non-hydrogen) atoms. The molecular weight excluding hydrogens is 1270 g/mol. The molecule has 0 amide bonds. The molecule has 0 aliphatic carbocycles. The third-order valence-corrected chi connectivity index (χ3v) is 20.0. The number of hydrogen-bond acceptors (Lipinski definition) is 15. The highest BCUT2D eigenvalue weighted by Gasteiger charge is 2.30. The zero-order valence-electron chi connectivity index (χ0n) is 63.5. The molecule has 0 saturated heterocycles. The summed E-state index contributed by atoms with van der Waals surface area (Å²) >= 11 is 0. The van der Waals surface area contributed by atoms with Gasteiger partial charge in [-0.1, -0.05) is 350 Å².